The molecule has 18 heavy (non-hydrogen) atoms. The summed E-state index contributed by atoms with van der Waals surface area (Å²) in [5.41, 5.74) is 0.573. The number of esters is 1. The van der Waals surface area contributed by atoms with Crippen LogP contribution in [0.15, 0.2) is 24.3 Å². The van der Waals surface area contributed by atoms with Gasteiger partial charge in [-0.3, -0.25) is 0 Å². The summed E-state index contributed by atoms with van der Waals surface area (Å²) in [5.74, 6) is 0.535. The molecule has 0 radical (unpaired) electrons. The van der Waals surface area contributed by atoms with Gasteiger partial charge < -0.3 is 9.47 Å². The van der Waals surface area contributed by atoms with E-state index in [1.807, 2.05) is 19.1 Å². The Morgan fingerprint density at radius 3 is 2.33 bits per heavy atom. The molecule has 0 saturated heterocycles. The summed E-state index contributed by atoms with van der Waals surface area (Å²) in [7, 11) is 0. The van der Waals surface area contributed by atoms with Crippen molar-refractivity contribution in [2.75, 3.05) is 13.2 Å². The van der Waals surface area contributed by atoms with Gasteiger partial charge in [0.2, 0.25) is 0 Å². The molecule has 0 N–H and O–H groups in total. The second-order valence-corrected chi connectivity index (χ2v) is 4.22. The Morgan fingerprint density at radius 2 is 1.72 bits per heavy atom. The van der Waals surface area contributed by atoms with Crippen LogP contribution in [0.3, 0.4) is 0 Å². The highest BCUT2D eigenvalue weighted by atomic mass is 16.5. The minimum Gasteiger partial charge on any atom is -0.494 e. The molecule has 0 spiro atoms. The SMILES string of the molecule is CCCCCOc1ccc(C(=O)OCCC)cc1. The van der Waals surface area contributed by atoms with Crippen molar-refractivity contribution in [1.82, 2.24) is 0 Å². The minimum atomic E-state index is -0.269. The Morgan fingerprint density at radius 1 is 1.00 bits per heavy atom. The average Bonchev–Trinajstić information content (AvgIpc) is 2.41. The van der Waals surface area contributed by atoms with Gasteiger partial charge in [0.25, 0.3) is 0 Å². The third-order valence-electron chi connectivity index (χ3n) is 2.54. The maximum Gasteiger partial charge on any atom is 0.338 e. The second-order valence-electron chi connectivity index (χ2n) is 4.22. The standard InChI is InChI=1S/C15H22O3/c1-3-5-6-12-17-14-9-7-13(8-10-14)15(16)18-11-4-2/h7-10H,3-6,11-12H2,1-2H3. The molecule has 0 heterocycles. The van der Waals surface area contributed by atoms with E-state index in [4.69, 9.17) is 9.47 Å². The van der Waals surface area contributed by atoms with Gasteiger partial charge in [-0.05, 0) is 37.1 Å². The van der Waals surface area contributed by atoms with Crippen LogP contribution in [0, 0.1) is 0 Å². The smallest absolute Gasteiger partial charge is 0.338 e. The zero-order valence-corrected chi connectivity index (χ0v) is 11.3. The van der Waals surface area contributed by atoms with Crippen molar-refractivity contribution < 1.29 is 14.3 Å². The lowest BCUT2D eigenvalue weighted by atomic mass is 10.2. The molecule has 0 saturated carbocycles. The first kappa shape index (κ1) is 14.6. The van der Waals surface area contributed by atoms with E-state index >= 15 is 0 Å². The fourth-order valence-electron chi connectivity index (χ4n) is 1.51. The van der Waals surface area contributed by atoms with Gasteiger partial charge in [0, 0.05) is 0 Å². The number of unbranched alkanes of at least 4 members (excludes halogenated alkanes) is 2. The van der Waals surface area contributed by atoms with E-state index in [-0.39, 0.29) is 5.97 Å². The third-order valence-corrected chi connectivity index (χ3v) is 2.54. The molecule has 1 aromatic rings. The van der Waals surface area contributed by atoms with Gasteiger partial charge in [0.1, 0.15) is 5.75 Å². The quantitative estimate of drug-likeness (QED) is 0.519. The van der Waals surface area contributed by atoms with Crippen LogP contribution in [0.1, 0.15) is 49.9 Å². The zero-order valence-electron chi connectivity index (χ0n) is 11.3. The van der Waals surface area contributed by atoms with Gasteiger partial charge in [-0.2, -0.15) is 0 Å². The Hall–Kier alpha value is -1.51. The Labute approximate surface area is 109 Å². The summed E-state index contributed by atoms with van der Waals surface area (Å²) in [6.07, 6.45) is 4.27. The highest BCUT2D eigenvalue weighted by molar-refractivity contribution is 5.89. The highest BCUT2D eigenvalue weighted by Gasteiger charge is 2.06. The Kier molecular flexibility index (Phi) is 6.92. The van der Waals surface area contributed by atoms with Crippen LogP contribution < -0.4 is 4.74 Å². The second kappa shape index (κ2) is 8.56. The summed E-state index contributed by atoms with van der Waals surface area (Å²) in [6.45, 7) is 5.33. The summed E-state index contributed by atoms with van der Waals surface area (Å²) in [6, 6.07) is 7.11. The first-order valence-electron chi connectivity index (χ1n) is 6.68. The van der Waals surface area contributed by atoms with Crippen LogP contribution in [0.2, 0.25) is 0 Å². The molecule has 0 atom stereocenters. The fourth-order valence-corrected chi connectivity index (χ4v) is 1.51. The van der Waals surface area contributed by atoms with E-state index < -0.39 is 0 Å². The molecule has 1 aromatic carbocycles. The monoisotopic (exact) mass is 250 g/mol. The van der Waals surface area contributed by atoms with Crippen LogP contribution in [0.4, 0.5) is 0 Å². The predicted molar refractivity (Wildman–Crippen MR) is 72.0 cm³/mol. The molecule has 0 aromatic heterocycles. The molecular formula is C15H22O3. The molecule has 100 valence electrons. The summed E-state index contributed by atoms with van der Waals surface area (Å²) in [4.78, 5) is 11.6. The van der Waals surface area contributed by atoms with E-state index in [9.17, 15) is 4.79 Å². The summed E-state index contributed by atoms with van der Waals surface area (Å²) >= 11 is 0. The average molecular weight is 250 g/mol. The molecule has 0 fully saturated rings. The molecule has 0 bridgehead atoms. The van der Waals surface area contributed by atoms with E-state index in [0.29, 0.717) is 12.2 Å². The molecule has 0 amide bonds. The van der Waals surface area contributed by atoms with Crippen LogP contribution in [0.25, 0.3) is 0 Å². The van der Waals surface area contributed by atoms with E-state index in [1.165, 1.54) is 12.8 Å². The summed E-state index contributed by atoms with van der Waals surface area (Å²) < 4.78 is 10.6. The maximum atomic E-state index is 11.6. The Balaban J connectivity index is 2.39. The predicted octanol–water partition coefficient (Wildman–Crippen LogP) is 3.82. The van der Waals surface area contributed by atoms with Crippen molar-refractivity contribution in [3.05, 3.63) is 29.8 Å². The molecule has 1 rings (SSSR count). The topological polar surface area (TPSA) is 35.5 Å². The Bertz CT molecular complexity index is 343. The summed E-state index contributed by atoms with van der Waals surface area (Å²) in [5, 5.41) is 0. The van der Waals surface area contributed by atoms with Crippen molar-refractivity contribution in [2.45, 2.75) is 39.5 Å². The van der Waals surface area contributed by atoms with Crippen molar-refractivity contribution >= 4 is 5.97 Å². The third kappa shape index (κ3) is 5.21. The highest BCUT2D eigenvalue weighted by Crippen LogP contribution is 2.13. The van der Waals surface area contributed by atoms with E-state index in [0.717, 1.165) is 25.2 Å². The fraction of sp³-hybridized carbons (Fsp3) is 0.533. The molecule has 0 aliphatic rings. The van der Waals surface area contributed by atoms with Gasteiger partial charge in [-0.15, -0.1) is 0 Å². The van der Waals surface area contributed by atoms with Gasteiger partial charge >= 0.3 is 5.97 Å². The number of benzene rings is 1. The molecule has 0 aliphatic heterocycles. The zero-order chi connectivity index (χ0) is 13.2. The minimum absolute atomic E-state index is 0.269. The molecule has 3 nitrogen and oxygen atoms in total. The van der Waals surface area contributed by atoms with Crippen LogP contribution in [-0.4, -0.2) is 19.2 Å². The van der Waals surface area contributed by atoms with E-state index in [1.54, 1.807) is 12.1 Å². The first-order valence-corrected chi connectivity index (χ1v) is 6.68. The molecule has 0 aliphatic carbocycles. The number of ether oxygens (including phenoxy) is 2. The van der Waals surface area contributed by atoms with Gasteiger partial charge in [0.05, 0.1) is 18.8 Å². The lowest BCUT2D eigenvalue weighted by Gasteiger charge is -2.07. The van der Waals surface area contributed by atoms with Crippen LogP contribution in [0.5, 0.6) is 5.75 Å². The number of hydrogen-bond acceptors (Lipinski definition) is 3. The normalized spacial score (nSPS) is 10.1. The lowest BCUT2D eigenvalue weighted by molar-refractivity contribution is 0.0505. The van der Waals surface area contributed by atoms with Crippen molar-refractivity contribution in [3.63, 3.8) is 0 Å². The van der Waals surface area contributed by atoms with Crippen molar-refractivity contribution in [2.24, 2.45) is 0 Å². The molecular weight excluding hydrogens is 228 g/mol. The maximum absolute atomic E-state index is 11.6. The number of carbonyl (C=O) groups is 1. The number of hydrogen-bond donors (Lipinski definition) is 0. The number of rotatable bonds is 8. The van der Waals surface area contributed by atoms with Gasteiger partial charge in [-0.1, -0.05) is 26.7 Å². The van der Waals surface area contributed by atoms with Crippen LogP contribution in [-0.2, 0) is 4.74 Å². The number of carbonyl (C=O) groups excluding carboxylic acids is 1. The van der Waals surface area contributed by atoms with Gasteiger partial charge in [-0.25, -0.2) is 4.79 Å². The lowest BCUT2D eigenvalue weighted by Crippen LogP contribution is -2.05. The molecule has 3 heteroatoms. The van der Waals surface area contributed by atoms with Crippen molar-refractivity contribution in [1.29, 1.82) is 0 Å². The van der Waals surface area contributed by atoms with Gasteiger partial charge in [0.15, 0.2) is 0 Å². The van der Waals surface area contributed by atoms with E-state index in [2.05, 4.69) is 6.92 Å². The largest absolute Gasteiger partial charge is 0.494 e. The van der Waals surface area contributed by atoms with Crippen LogP contribution >= 0.6 is 0 Å². The molecule has 0 unspecified atom stereocenters. The first-order chi connectivity index (χ1) is 8.77. The van der Waals surface area contributed by atoms with Crippen molar-refractivity contribution in [3.8, 4) is 5.75 Å².